The Morgan fingerprint density at radius 3 is 2.34 bits per heavy atom. The number of thiophene rings is 1. The minimum atomic E-state index is -0.130. The van der Waals surface area contributed by atoms with Gasteiger partial charge in [0.15, 0.2) is 0 Å². The molecule has 7 heteroatoms. The third-order valence-electron chi connectivity index (χ3n) is 5.95. The van der Waals surface area contributed by atoms with Crippen molar-refractivity contribution in [1.29, 1.82) is 5.26 Å². The van der Waals surface area contributed by atoms with Crippen LogP contribution in [0.4, 0.5) is 5.69 Å². The molecule has 6 nitrogen and oxygen atoms in total. The van der Waals surface area contributed by atoms with Crippen LogP contribution >= 0.6 is 11.3 Å². The van der Waals surface area contributed by atoms with Crippen LogP contribution in [-0.2, 0) is 13.1 Å². The molecule has 0 amide bonds. The maximum absolute atomic E-state index is 13.4. The summed E-state index contributed by atoms with van der Waals surface area (Å²) in [7, 11) is 0. The van der Waals surface area contributed by atoms with Gasteiger partial charge in [-0.3, -0.25) is 14.3 Å². The van der Waals surface area contributed by atoms with Gasteiger partial charge in [-0.25, -0.2) is 4.98 Å². The molecule has 0 atom stereocenters. The summed E-state index contributed by atoms with van der Waals surface area (Å²) < 4.78 is 1.55. The van der Waals surface area contributed by atoms with E-state index in [1.165, 1.54) is 17.0 Å². The van der Waals surface area contributed by atoms with E-state index >= 15 is 0 Å². The largest absolute Gasteiger partial charge is 0.369 e. The predicted octanol–water partition coefficient (Wildman–Crippen LogP) is 3.97. The number of para-hydroxylation sites is 1. The first-order valence-electron chi connectivity index (χ1n) is 10.7. The van der Waals surface area contributed by atoms with Crippen LogP contribution in [0.25, 0.3) is 21.3 Å². The van der Waals surface area contributed by atoms with Crippen molar-refractivity contribution in [3.63, 3.8) is 0 Å². The van der Waals surface area contributed by atoms with Gasteiger partial charge in [0.2, 0.25) is 0 Å². The molecule has 0 saturated carbocycles. The number of piperazine rings is 1. The number of nitriles is 1. The van der Waals surface area contributed by atoms with Gasteiger partial charge in [0.05, 0.1) is 18.0 Å². The smallest absolute Gasteiger partial charge is 0.263 e. The molecular weight excluding hydrogens is 418 g/mol. The van der Waals surface area contributed by atoms with Crippen molar-refractivity contribution in [3.8, 4) is 17.2 Å². The van der Waals surface area contributed by atoms with E-state index in [9.17, 15) is 10.1 Å². The lowest BCUT2D eigenvalue weighted by molar-refractivity contribution is 0.240. The van der Waals surface area contributed by atoms with E-state index in [0.29, 0.717) is 17.8 Å². The summed E-state index contributed by atoms with van der Waals surface area (Å²) in [4.78, 5) is 23.7. The highest BCUT2D eigenvalue weighted by molar-refractivity contribution is 7.17. The molecule has 1 aliphatic rings. The van der Waals surface area contributed by atoms with Crippen molar-refractivity contribution < 1.29 is 0 Å². The zero-order valence-corrected chi connectivity index (χ0v) is 18.5. The van der Waals surface area contributed by atoms with Gasteiger partial charge in [0, 0.05) is 42.8 Å². The van der Waals surface area contributed by atoms with Gasteiger partial charge in [-0.2, -0.15) is 5.26 Å². The average Bonchev–Trinajstić information content (AvgIpc) is 3.27. The first-order valence-corrected chi connectivity index (χ1v) is 11.6. The van der Waals surface area contributed by atoms with E-state index in [1.807, 2.05) is 41.8 Å². The third-order valence-corrected chi connectivity index (χ3v) is 6.82. The Labute approximate surface area is 190 Å². The lowest BCUT2D eigenvalue weighted by Crippen LogP contribution is -2.46. The molecule has 2 aromatic heterocycles. The lowest BCUT2D eigenvalue weighted by atomic mass is 10.1. The zero-order valence-electron chi connectivity index (χ0n) is 17.6. The maximum Gasteiger partial charge on any atom is 0.263 e. The molecule has 0 N–H and O–H groups in total. The minimum Gasteiger partial charge on any atom is -0.369 e. The second-order valence-corrected chi connectivity index (χ2v) is 8.73. The van der Waals surface area contributed by atoms with Crippen LogP contribution in [0.3, 0.4) is 0 Å². The number of rotatable bonds is 5. The Balaban J connectivity index is 1.43. The van der Waals surface area contributed by atoms with Crippen LogP contribution in [0.1, 0.15) is 5.82 Å². The molecule has 1 saturated heterocycles. The van der Waals surface area contributed by atoms with Gasteiger partial charge in [0.1, 0.15) is 17.2 Å². The highest BCUT2D eigenvalue weighted by atomic mass is 32.1. The molecule has 0 bridgehead atoms. The summed E-state index contributed by atoms with van der Waals surface area (Å²) in [6.45, 7) is 4.18. The second-order valence-electron chi connectivity index (χ2n) is 7.87. The Morgan fingerprint density at radius 2 is 1.66 bits per heavy atom. The first kappa shape index (κ1) is 20.4. The zero-order chi connectivity index (χ0) is 21.9. The molecule has 0 unspecified atom stereocenters. The summed E-state index contributed by atoms with van der Waals surface area (Å²) >= 11 is 1.49. The number of hydrogen-bond donors (Lipinski definition) is 0. The highest BCUT2D eigenvalue weighted by Crippen LogP contribution is 2.31. The summed E-state index contributed by atoms with van der Waals surface area (Å²) in [5, 5.41) is 12.0. The molecule has 2 aromatic carbocycles. The Hall–Kier alpha value is -3.47. The number of anilines is 1. The summed E-state index contributed by atoms with van der Waals surface area (Å²) in [6.07, 6.45) is 0. The fraction of sp³-hybridized carbons (Fsp3) is 0.240. The van der Waals surface area contributed by atoms with Crippen LogP contribution < -0.4 is 10.5 Å². The molecular formula is C25H23N5OS. The van der Waals surface area contributed by atoms with E-state index in [1.54, 1.807) is 4.57 Å². The minimum absolute atomic E-state index is 0.00512. The Morgan fingerprint density at radius 1 is 0.969 bits per heavy atom. The number of nitrogens with zero attached hydrogens (tertiary/aromatic N) is 5. The van der Waals surface area contributed by atoms with Gasteiger partial charge in [-0.05, 0) is 17.7 Å². The van der Waals surface area contributed by atoms with Gasteiger partial charge in [-0.15, -0.1) is 11.3 Å². The van der Waals surface area contributed by atoms with Crippen molar-refractivity contribution >= 4 is 27.2 Å². The van der Waals surface area contributed by atoms with Crippen LogP contribution in [0.15, 0.2) is 70.8 Å². The predicted molar refractivity (Wildman–Crippen MR) is 129 cm³/mol. The first-order chi connectivity index (χ1) is 15.7. The van der Waals surface area contributed by atoms with Crippen LogP contribution in [0, 0.1) is 11.3 Å². The maximum atomic E-state index is 13.4. The molecule has 0 aliphatic carbocycles. The van der Waals surface area contributed by atoms with Gasteiger partial charge >= 0.3 is 0 Å². The molecule has 4 aromatic rings. The monoisotopic (exact) mass is 441 g/mol. The number of aromatic nitrogens is 2. The molecule has 32 heavy (non-hydrogen) atoms. The summed E-state index contributed by atoms with van der Waals surface area (Å²) in [5.74, 6) is 0.665. The molecule has 5 rings (SSSR count). The lowest BCUT2D eigenvalue weighted by Gasteiger charge is -2.36. The molecule has 3 heterocycles. The quantitative estimate of drug-likeness (QED) is 0.469. The molecule has 160 valence electrons. The average molecular weight is 442 g/mol. The standard InChI is InChI=1S/C25H23N5OS/c26-11-12-30-22(17-28-13-15-29(16-14-28)20-9-5-2-6-10-20)27-24-23(25(30)31)21(18-32-24)19-7-3-1-4-8-19/h1-10,18H,12-17H2. The van der Waals surface area contributed by atoms with Crippen LogP contribution in [-0.4, -0.2) is 40.6 Å². The van der Waals surface area contributed by atoms with Gasteiger partial charge in [-0.1, -0.05) is 48.5 Å². The van der Waals surface area contributed by atoms with Crippen molar-refractivity contribution in [3.05, 3.63) is 82.2 Å². The van der Waals surface area contributed by atoms with E-state index in [0.717, 1.165) is 42.1 Å². The second kappa shape index (κ2) is 8.95. The molecule has 0 radical (unpaired) electrons. The Kier molecular flexibility index (Phi) is 5.71. The third kappa shape index (κ3) is 3.91. The summed E-state index contributed by atoms with van der Waals surface area (Å²) in [5.41, 5.74) is 2.98. The number of fused-ring (bicyclic) bond motifs is 1. The number of hydrogen-bond acceptors (Lipinski definition) is 6. The molecule has 1 aliphatic heterocycles. The number of benzene rings is 2. The van der Waals surface area contributed by atoms with Crippen molar-refractivity contribution in [2.24, 2.45) is 0 Å². The van der Waals surface area contributed by atoms with Crippen molar-refractivity contribution in [2.45, 2.75) is 13.1 Å². The molecule has 0 spiro atoms. The van der Waals surface area contributed by atoms with E-state index in [2.05, 4.69) is 40.1 Å². The van der Waals surface area contributed by atoms with E-state index < -0.39 is 0 Å². The van der Waals surface area contributed by atoms with Crippen LogP contribution in [0.2, 0.25) is 0 Å². The van der Waals surface area contributed by atoms with E-state index in [-0.39, 0.29) is 12.1 Å². The fourth-order valence-electron chi connectivity index (χ4n) is 4.25. The topological polar surface area (TPSA) is 65.2 Å². The van der Waals surface area contributed by atoms with Gasteiger partial charge in [0.25, 0.3) is 5.56 Å². The highest BCUT2D eigenvalue weighted by Gasteiger charge is 2.21. The van der Waals surface area contributed by atoms with Gasteiger partial charge < -0.3 is 4.90 Å². The fourth-order valence-corrected chi connectivity index (χ4v) is 5.21. The van der Waals surface area contributed by atoms with Crippen molar-refractivity contribution in [1.82, 2.24) is 14.5 Å². The SMILES string of the molecule is N#CCn1c(CN2CCN(c3ccccc3)CC2)nc2scc(-c3ccccc3)c2c1=O. The molecule has 1 fully saturated rings. The summed E-state index contributed by atoms with van der Waals surface area (Å²) in [6, 6.07) is 22.4. The van der Waals surface area contributed by atoms with E-state index in [4.69, 9.17) is 4.98 Å². The van der Waals surface area contributed by atoms with Crippen molar-refractivity contribution in [2.75, 3.05) is 31.1 Å². The van der Waals surface area contributed by atoms with Crippen LogP contribution in [0.5, 0.6) is 0 Å². The Bertz CT molecular complexity index is 1320. The normalized spacial score (nSPS) is 14.5.